The highest BCUT2D eigenvalue weighted by Crippen LogP contribution is 2.29. The molecule has 0 spiro atoms. The summed E-state index contributed by atoms with van der Waals surface area (Å²) in [5.74, 6) is 0.0175. The first kappa shape index (κ1) is 14.7. The van der Waals surface area contributed by atoms with E-state index in [9.17, 15) is 9.59 Å². The van der Waals surface area contributed by atoms with Crippen LogP contribution in [-0.2, 0) is 14.3 Å². The zero-order valence-electron chi connectivity index (χ0n) is 12.0. The minimum atomic E-state index is -0.177. The maximum atomic E-state index is 12.1. The first-order valence-electron chi connectivity index (χ1n) is 6.99. The van der Waals surface area contributed by atoms with Crippen LogP contribution in [0.2, 0.25) is 0 Å². The van der Waals surface area contributed by atoms with Crippen LogP contribution in [-0.4, -0.2) is 36.9 Å². The Bertz CT molecular complexity index is 472. The minimum Gasteiger partial charge on any atom is -0.384 e. The summed E-state index contributed by atoms with van der Waals surface area (Å²) in [5, 5.41) is 0. The number of ether oxygens (including phenoxy) is 1. The number of hydrogen-bond donors (Lipinski definition) is 0. The van der Waals surface area contributed by atoms with Crippen LogP contribution in [0.25, 0.3) is 0 Å². The average molecular weight is 275 g/mol. The van der Waals surface area contributed by atoms with Crippen LogP contribution in [0.15, 0.2) is 30.3 Å². The lowest BCUT2D eigenvalue weighted by molar-refractivity contribution is -0.130. The van der Waals surface area contributed by atoms with Gasteiger partial charge in [-0.3, -0.25) is 9.59 Å². The normalized spacial score (nSPS) is 20.2. The van der Waals surface area contributed by atoms with Crippen molar-refractivity contribution in [3.63, 3.8) is 0 Å². The summed E-state index contributed by atoms with van der Waals surface area (Å²) in [6.07, 6.45) is 0.724. The van der Waals surface area contributed by atoms with E-state index in [2.05, 4.69) is 0 Å². The molecule has 0 unspecified atom stereocenters. The number of Topliss-reactive ketones (excluding diaryl/α,β-unsaturated/α-hetero) is 1. The maximum Gasteiger partial charge on any atom is 0.223 e. The Balaban J connectivity index is 2.00. The van der Waals surface area contributed by atoms with Crippen molar-refractivity contribution < 1.29 is 14.3 Å². The van der Waals surface area contributed by atoms with Crippen LogP contribution in [0.4, 0.5) is 0 Å². The quantitative estimate of drug-likeness (QED) is 0.799. The molecule has 4 heteroatoms. The van der Waals surface area contributed by atoms with Crippen molar-refractivity contribution in [1.29, 1.82) is 0 Å². The average Bonchev–Trinajstić information content (AvgIpc) is 2.87. The summed E-state index contributed by atoms with van der Waals surface area (Å²) in [4.78, 5) is 25.9. The molecule has 0 aromatic heterocycles. The molecule has 4 nitrogen and oxygen atoms in total. The van der Waals surface area contributed by atoms with Gasteiger partial charge in [0.1, 0.15) is 5.78 Å². The molecule has 1 aromatic rings. The third-order valence-corrected chi connectivity index (χ3v) is 3.92. The van der Waals surface area contributed by atoms with E-state index in [1.165, 1.54) is 0 Å². The van der Waals surface area contributed by atoms with Crippen molar-refractivity contribution >= 4 is 11.7 Å². The van der Waals surface area contributed by atoms with E-state index in [4.69, 9.17) is 4.74 Å². The summed E-state index contributed by atoms with van der Waals surface area (Å²) in [6.45, 7) is 2.96. The summed E-state index contributed by atoms with van der Waals surface area (Å²) in [5.41, 5.74) is 1.10. The Morgan fingerprint density at radius 3 is 2.75 bits per heavy atom. The lowest BCUT2D eigenvalue weighted by Crippen LogP contribution is -2.29. The molecular weight excluding hydrogens is 254 g/mol. The molecule has 2 atom stereocenters. The van der Waals surface area contributed by atoms with Gasteiger partial charge < -0.3 is 9.64 Å². The molecule has 0 aliphatic carbocycles. The fraction of sp³-hybridized carbons (Fsp3) is 0.500. The second-order valence-electron chi connectivity index (χ2n) is 5.24. The largest absolute Gasteiger partial charge is 0.384 e. The Labute approximate surface area is 119 Å². The Morgan fingerprint density at radius 1 is 1.40 bits per heavy atom. The molecule has 108 valence electrons. The number of carbonyl (C=O) groups is 2. The number of carbonyl (C=O) groups excluding carboxylic acids is 2. The topological polar surface area (TPSA) is 46.6 Å². The van der Waals surface area contributed by atoms with Crippen molar-refractivity contribution in [1.82, 2.24) is 4.90 Å². The lowest BCUT2D eigenvalue weighted by atomic mass is 10.0. The minimum absolute atomic E-state index is 0.0175. The Morgan fingerprint density at radius 2 is 2.10 bits per heavy atom. The highest BCUT2D eigenvalue weighted by atomic mass is 16.5. The summed E-state index contributed by atoms with van der Waals surface area (Å²) in [6, 6.07) is 9.93. The highest BCUT2D eigenvalue weighted by molar-refractivity contribution is 5.90. The summed E-state index contributed by atoms with van der Waals surface area (Å²) >= 11 is 0. The van der Waals surface area contributed by atoms with Crippen molar-refractivity contribution in [2.24, 2.45) is 5.92 Å². The maximum absolute atomic E-state index is 12.1. The molecule has 1 saturated heterocycles. The van der Waals surface area contributed by atoms with Crippen LogP contribution < -0.4 is 0 Å². The van der Waals surface area contributed by atoms with E-state index >= 15 is 0 Å². The van der Waals surface area contributed by atoms with E-state index in [-0.39, 0.29) is 23.7 Å². The van der Waals surface area contributed by atoms with Crippen molar-refractivity contribution in [3.05, 3.63) is 35.9 Å². The van der Waals surface area contributed by atoms with Gasteiger partial charge in [-0.1, -0.05) is 30.3 Å². The van der Waals surface area contributed by atoms with Crippen LogP contribution >= 0.6 is 0 Å². The third-order valence-electron chi connectivity index (χ3n) is 3.92. The number of ketones is 1. The first-order valence-corrected chi connectivity index (χ1v) is 6.99. The molecule has 1 aromatic carbocycles. The molecule has 0 N–H and O–H groups in total. The van der Waals surface area contributed by atoms with Crippen molar-refractivity contribution in [2.75, 3.05) is 20.3 Å². The molecular formula is C16H21NO3. The second kappa shape index (κ2) is 6.66. The van der Waals surface area contributed by atoms with Crippen LogP contribution in [0.1, 0.15) is 31.4 Å². The summed E-state index contributed by atoms with van der Waals surface area (Å²) < 4.78 is 4.92. The molecule has 2 rings (SSSR count). The van der Waals surface area contributed by atoms with Crippen molar-refractivity contribution in [2.45, 2.75) is 25.8 Å². The fourth-order valence-electron chi connectivity index (χ4n) is 2.64. The van der Waals surface area contributed by atoms with E-state index in [0.717, 1.165) is 5.56 Å². The molecule has 1 heterocycles. The van der Waals surface area contributed by atoms with Gasteiger partial charge in [0, 0.05) is 32.4 Å². The van der Waals surface area contributed by atoms with E-state index < -0.39 is 0 Å². The third kappa shape index (κ3) is 3.25. The van der Waals surface area contributed by atoms with Gasteiger partial charge in [-0.25, -0.2) is 0 Å². The van der Waals surface area contributed by atoms with Crippen LogP contribution in [0.5, 0.6) is 0 Å². The van der Waals surface area contributed by atoms with Gasteiger partial charge in [-0.2, -0.15) is 0 Å². The summed E-state index contributed by atoms with van der Waals surface area (Å²) in [7, 11) is 1.58. The number of hydrogen-bond acceptors (Lipinski definition) is 3. The second-order valence-corrected chi connectivity index (χ2v) is 5.24. The molecule has 0 radical (unpaired) electrons. The molecule has 0 saturated carbocycles. The zero-order chi connectivity index (χ0) is 14.5. The van der Waals surface area contributed by atoms with Gasteiger partial charge in [-0.15, -0.1) is 0 Å². The van der Waals surface area contributed by atoms with E-state index in [0.29, 0.717) is 26.0 Å². The number of methoxy groups -OCH3 is 1. The Hall–Kier alpha value is -1.68. The van der Waals surface area contributed by atoms with Crippen molar-refractivity contribution in [3.8, 4) is 0 Å². The van der Waals surface area contributed by atoms with Gasteiger partial charge in [0.25, 0.3) is 0 Å². The Kier molecular flexibility index (Phi) is 4.90. The standard InChI is InChI=1S/C16H21NO3/c1-12(13-6-4-3-5-7-13)17-11-14(10-16(17)19)15(18)8-9-20-2/h3-7,12,14H,8-11H2,1-2H3/t12-,14-/m1/s1. The van der Waals surface area contributed by atoms with Gasteiger partial charge >= 0.3 is 0 Å². The molecule has 20 heavy (non-hydrogen) atoms. The highest BCUT2D eigenvalue weighted by Gasteiger charge is 2.36. The molecule has 0 bridgehead atoms. The SMILES string of the molecule is COCCC(=O)[C@@H]1CC(=O)N([C@H](C)c2ccccc2)C1. The predicted octanol–water partition coefficient (Wildman–Crippen LogP) is 2.20. The number of likely N-dealkylation sites (tertiary alicyclic amines) is 1. The molecule has 1 aliphatic heterocycles. The molecule has 1 fully saturated rings. The number of amides is 1. The van der Waals surface area contributed by atoms with E-state index in [1.807, 2.05) is 42.2 Å². The smallest absolute Gasteiger partial charge is 0.223 e. The van der Waals surface area contributed by atoms with E-state index in [1.54, 1.807) is 7.11 Å². The fourth-order valence-corrected chi connectivity index (χ4v) is 2.64. The van der Waals surface area contributed by atoms with Crippen LogP contribution in [0.3, 0.4) is 0 Å². The van der Waals surface area contributed by atoms with Gasteiger partial charge in [-0.05, 0) is 12.5 Å². The lowest BCUT2D eigenvalue weighted by Gasteiger charge is -2.25. The van der Waals surface area contributed by atoms with Gasteiger partial charge in [0.05, 0.1) is 12.6 Å². The zero-order valence-corrected chi connectivity index (χ0v) is 12.0. The predicted molar refractivity (Wildman–Crippen MR) is 76.2 cm³/mol. The monoisotopic (exact) mass is 275 g/mol. The number of rotatable bonds is 6. The number of nitrogens with zero attached hydrogens (tertiary/aromatic N) is 1. The van der Waals surface area contributed by atoms with Gasteiger partial charge in [0.2, 0.25) is 5.91 Å². The first-order chi connectivity index (χ1) is 9.63. The van der Waals surface area contributed by atoms with Crippen LogP contribution in [0, 0.1) is 5.92 Å². The molecule has 1 aliphatic rings. The van der Waals surface area contributed by atoms with Gasteiger partial charge in [0.15, 0.2) is 0 Å². The number of benzene rings is 1. The molecule has 1 amide bonds.